The Morgan fingerprint density at radius 3 is 2.56 bits per heavy atom. The molecule has 1 N–H and O–H groups in total. The van der Waals surface area contributed by atoms with Crippen LogP contribution >= 0.6 is 0 Å². The predicted octanol–water partition coefficient (Wildman–Crippen LogP) is 4.03. The molecule has 1 fully saturated rings. The topological polar surface area (TPSA) is 70.1 Å². The van der Waals surface area contributed by atoms with Gasteiger partial charge in [-0.05, 0) is 41.7 Å². The van der Waals surface area contributed by atoms with E-state index < -0.39 is 0 Å². The van der Waals surface area contributed by atoms with Crippen molar-refractivity contribution in [1.29, 1.82) is 0 Å². The maximum Gasteiger partial charge on any atom is 0.227 e. The van der Waals surface area contributed by atoms with Crippen molar-refractivity contribution in [2.75, 3.05) is 25.2 Å². The average molecular weight is 463 g/mol. The van der Waals surface area contributed by atoms with Crippen LogP contribution < -0.4 is 4.90 Å². The van der Waals surface area contributed by atoms with E-state index >= 15 is 0 Å². The van der Waals surface area contributed by atoms with Crippen LogP contribution in [-0.4, -0.2) is 48.1 Å². The van der Waals surface area contributed by atoms with Crippen molar-refractivity contribution in [3.8, 4) is 0 Å². The first-order chi connectivity index (χ1) is 16.5. The van der Waals surface area contributed by atoms with Gasteiger partial charge in [0, 0.05) is 44.6 Å². The zero-order valence-electron chi connectivity index (χ0n) is 20.0. The van der Waals surface area contributed by atoms with E-state index in [2.05, 4.69) is 19.1 Å². The van der Waals surface area contributed by atoms with Gasteiger partial charge in [-0.25, -0.2) is 0 Å². The van der Waals surface area contributed by atoms with Crippen LogP contribution in [0.3, 0.4) is 0 Å². The van der Waals surface area contributed by atoms with E-state index in [0.29, 0.717) is 19.4 Å². The first-order valence-corrected chi connectivity index (χ1v) is 12.1. The number of anilines is 1. The van der Waals surface area contributed by atoms with Crippen LogP contribution in [0.5, 0.6) is 0 Å². The predicted molar refractivity (Wildman–Crippen MR) is 132 cm³/mol. The number of hydrogen-bond donors (Lipinski definition) is 1. The van der Waals surface area contributed by atoms with Gasteiger partial charge in [-0.1, -0.05) is 55.5 Å². The Kier molecular flexibility index (Phi) is 7.80. The molecule has 2 aliphatic rings. The van der Waals surface area contributed by atoms with Gasteiger partial charge in [-0.3, -0.25) is 9.59 Å². The molecule has 1 saturated heterocycles. The number of amides is 2. The number of hydrogen-bond acceptors (Lipinski definition) is 4. The molecule has 0 spiro atoms. The molecule has 2 heterocycles. The molecule has 0 saturated carbocycles. The SMILES string of the molecule is CO[C@@H](c1ccc(N2CCCC2=O)cc1)[C@@H](C)/C=C/CC(=O)N1Cc2ccccc2C[C@H]1CO. The van der Waals surface area contributed by atoms with E-state index in [1.54, 1.807) is 12.0 Å². The Balaban J connectivity index is 1.37. The second-order valence-corrected chi connectivity index (χ2v) is 9.22. The third-order valence-electron chi connectivity index (χ3n) is 6.96. The highest BCUT2D eigenvalue weighted by Crippen LogP contribution is 2.30. The summed E-state index contributed by atoms with van der Waals surface area (Å²) in [7, 11) is 1.69. The lowest BCUT2D eigenvalue weighted by Crippen LogP contribution is -2.46. The first kappa shape index (κ1) is 24.2. The molecule has 2 aliphatic heterocycles. The first-order valence-electron chi connectivity index (χ1n) is 12.1. The number of ether oxygens (including phenoxy) is 1. The Morgan fingerprint density at radius 1 is 1.18 bits per heavy atom. The summed E-state index contributed by atoms with van der Waals surface area (Å²) in [5.74, 6) is 0.260. The van der Waals surface area contributed by atoms with Crippen LogP contribution in [0.15, 0.2) is 60.7 Å². The maximum atomic E-state index is 13.0. The summed E-state index contributed by atoms with van der Waals surface area (Å²) in [5.41, 5.74) is 4.32. The normalized spacial score (nSPS) is 20.0. The fraction of sp³-hybridized carbons (Fsp3) is 0.429. The molecular formula is C28H34N2O4. The minimum Gasteiger partial charge on any atom is -0.394 e. The number of fused-ring (bicyclic) bond motifs is 1. The van der Waals surface area contributed by atoms with Crippen molar-refractivity contribution >= 4 is 17.5 Å². The summed E-state index contributed by atoms with van der Waals surface area (Å²) < 4.78 is 5.77. The second kappa shape index (κ2) is 11.0. The van der Waals surface area contributed by atoms with Crippen molar-refractivity contribution in [2.24, 2.45) is 5.92 Å². The molecule has 180 valence electrons. The van der Waals surface area contributed by atoms with Crippen LogP contribution in [0.4, 0.5) is 5.69 Å². The minimum absolute atomic E-state index is 0.0191. The molecule has 2 aromatic carbocycles. The van der Waals surface area contributed by atoms with E-state index in [1.807, 2.05) is 53.5 Å². The van der Waals surface area contributed by atoms with E-state index in [-0.39, 0.29) is 42.9 Å². The van der Waals surface area contributed by atoms with Crippen LogP contribution in [0.2, 0.25) is 0 Å². The van der Waals surface area contributed by atoms with Gasteiger partial charge in [0.15, 0.2) is 0 Å². The maximum absolute atomic E-state index is 13.0. The number of aliphatic hydroxyl groups excluding tert-OH is 1. The summed E-state index contributed by atoms with van der Waals surface area (Å²) in [4.78, 5) is 28.6. The molecule has 6 heteroatoms. The Bertz CT molecular complexity index is 1030. The average Bonchev–Trinajstić information content (AvgIpc) is 3.29. The molecule has 2 amide bonds. The summed E-state index contributed by atoms with van der Waals surface area (Å²) in [6.45, 7) is 3.35. The second-order valence-electron chi connectivity index (χ2n) is 9.22. The largest absolute Gasteiger partial charge is 0.394 e. The van der Waals surface area contributed by atoms with Crippen molar-refractivity contribution in [3.05, 3.63) is 77.4 Å². The van der Waals surface area contributed by atoms with Crippen LogP contribution in [0.25, 0.3) is 0 Å². The Hall–Kier alpha value is -2.96. The standard InChI is InChI=1S/C28H34N2O4/c1-20(28(34-2)21-12-14-24(15-13-21)29-16-6-11-26(29)32)7-5-10-27(33)30-18-23-9-4-3-8-22(23)17-25(30)19-31/h3-5,7-9,12-15,20,25,28,31H,6,10-11,16-19H2,1-2H3/b7-5+/t20-,25-,28+/m0/s1. The molecule has 6 nitrogen and oxygen atoms in total. The molecule has 0 aliphatic carbocycles. The van der Waals surface area contributed by atoms with Crippen LogP contribution in [0, 0.1) is 5.92 Å². The van der Waals surface area contributed by atoms with Gasteiger partial charge in [-0.15, -0.1) is 0 Å². The van der Waals surface area contributed by atoms with Gasteiger partial charge < -0.3 is 19.6 Å². The molecule has 3 atom stereocenters. The van der Waals surface area contributed by atoms with E-state index in [0.717, 1.165) is 29.8 Å². The summed E-state index contributed by atoms with van der Waals surface area (Å²) in [6.07, 6.45) is 6.28. The highest BCUT2D eigenvalue weighted by Gasteiger charge is 2.28. The van der Waals surface area contributed by atoms with Gasteiger partial charge in [0.2, 0.25) is 11.8 Å². The number of carbonyl (C=O) groups excluding carboxylic acids is 2. The third kappa shape index (κ3) is 5.24. The molecule has 4 rings (SSSR count). The fourth-order valence-corrected chi connectivity index (χ4v) is 5.06. The quantitative estimate of drug-likeness (QED) is 0.602. The smallest absolute Gasteiger partial charge is 0.227 e. The molecule has 34 heavy (non-hydrogen) atoms. The number of rotatable bonds is 8. The number of benzene rings is 2. The molecule has 2 aromatic rings. The third-order valence-corrected chi connectivity index (χ3v) is 6.96. The van der Waals surface area contributed by atoms with E-state index in [9.17, 15) is 14.7 Å². The fourth-order valence-electron chi connectivity index (χ4n) is 5.06. The molecule has 0 radical (unpaired) electrons. The van der Waals surface area contributed by atoms with Gasteiger partial charge in [0.25, 0.3) is 0 Å². The van der Waals surface area contributed by atoms with E-state index in [1.165, 1.54) is 5.56 Å². The van der Waals surface area contributed by atoms with Crippen molar-refractivity contribution in [3.63, 3.8) is 0 Å². The summed E-state index contributed by atoms with van der Waals surface area (Å²) in [5, 5.41) is 9.83. The van der Waals surface area contributed by atoms with Crippen LogP contribution in [-0.2, 0) is 27.3 Å². The number of carbonyl (C=O) groups is 2. The van der Waals surface area contributed by atoms with Crippen molar-refractivity contribution < 1.29 is 19.4 Å². The lowest BCUT2D eigenvalue weighted by atomic mass is 9.93. The van der Waals surface area contributed by atoms with Gasteiger partial charge in [0.1, 0.15) is 0 Å². The molecular weight excluding hydrogens is 428 g/mol. The lowest BCUT2D eigenvalue weighted by Gasteiger charge is -2.36. The van der Waals surface area contributed by atoms with Gasteiger partial charge in [0.05, 0.1) is 18.8 Å². The van der Waals surface area contributed by atoms with Crippen LogP contribution in [0.1, 0.15) is 49.0 Å². The number of methoxy groups -OCH3 is 1. The zero-order valence-corrected chi connectivity index (χ0v) is 20.0. The Morgan fingerprint density at radius 2 is 1.91 bits per heavy atom. The highest BCUT2D eigenvalue weighted by molar-refractivity contribution is 5.95. The monoisotopic (exact) mass is 462 g/mol. The summed E-state index contributed by atoms with van der Waals surface area (Å²) >= 11 is 0. The summed E-state index contributed by atoms with van der Waals surface area (Å²) in [6, 6.07) is 15.9. The lowest BCUT2D eigenvalue weighted by molar-refractivity contribution is -0.134. The van der Waals surface area contributed by atoms with Gasteiger partial charge >= 0.3 is 0 Å². The minimum atomic E-state index is -0.180. The number of nitrogens with zero attached hydrogens (tertiary/aromatic N) is 2. The molecule has 0 unspecified atom stereocenters. The van der Waals surface area contributed by atoms with Crippen molar-refractivity contribution in [2.45, 2.75) is 51.3 Å². The molecule has 0 aromatic heterocycles. The van der Waals surface area contributed by atoms with E-state index in [4.69, 9.17) is 4.74 Å². The Labute approximate surface area is 201 Å². The highest BCUT2D eigenvalue weighted by atomic mass is 16.5. The van der Waals surface area contributed by atoms with Crippen molar-refractivity contribution in [1.82, 2.24) is 4.90 Å². The zero-order chi connectivity index (χ0) is 24.1. The number of aliphatic hydroxyl groups is 1. The molecule has 0 bridgehead atoms. The van der Waals surface area contributed by atoms with Gasteiger partial charge in [-0.2, -0.15) is 0 Å².